The first-order valence-electron chi connectivity index (χ1n) is 22.5. The molecular formula is C35H44N15O21P4S4-5. The van der Waals surface area contributed by atoms with Gasteiger partial charge < -0.3 is 136 Å². The number of hydrogen-bond donors (Lipinski definition) is 9. The Morgan fingerprint density at radius 1 is 0.443 bits per heavy atom. The molecule has 36 nitrogen and oxygen atoms in total. The summed E-state index contributed by atoms with van der Waals surface area (Å²) in [6, 6.07) is 0. The van der Waals surface area contributed by atoms with E-state index < -0.39 is 154 Å². The van der Waals surface area contributed by atoms with E-state index in [4.69, 9.17) is 99.8 Å². The number of fused-ring (bicyclic) bond motifs is 3. The minimum Gasteiger partial charge on any atom is -0.676 e. The lowest BCUT2D eigenvalue weighted by atomic mass is 9.93. The third-order valence-electron chi connectivity index (χ3n) is 12.3. The molecule has 44 heteroatoms. The predicted octanol–water partition coefficient (Wildman–Crippen LogP) is -7.09. The van der Waals surface area contributed by atoms with Crippen LogP contribution in [0.2, 0.25) is 0 Å². The van der Waals surface area contributed by atoms with E-state index >= 15 is 0 Å². The van der Waals surface area contributed by atoms with Crippen molar-refractivity contribution in [1.82, 2.24) is 58.6 Å². The summed E-state index contributed by atoms with van der Waals surface area (Å²) in [5.74, 6) is 0.0100. The summed E-state index contributed by atoms with van der Waals surface area (Å²) in [5.41, 5.74) is 16.0. The Morgan fingerprint density at radius 2 is 0.722 bits per heavy atom. The molecule has 15 atom stereocenters. The highest BCUT2D eigenvalue weighted by atomic mass is 32.7. The van der Waals surface area contributed by atoms with Crippen LogP contribution >= 0.6 is 28.6 Å². The molecule has 0 radical (unpaired) electrons. The van der Waals surface area contributed by atoms with E-state index in [1.165, 1.54) is 32.7 Å². The molecule has 434 valence electrons. The molecular weight excluding hydrogens is 1220 g/mol. The number of nitrogens with zero attached hydrogens (tertiary/aromatic N) is 12. The van der Waals surface area contributed by atoms with Gasteiger partial charge in [-0.2, -0.15) is 0 Å². The van der Waals surface area contributed by atoms with E-state index in [9.17, 15) is 55.1 Å². The van der Waals surface area contributed by atoms with E-state index in [0.717, 1.165) is 19.0 Å². The van der Waals surface area contributed by atoms with Crippen LogP contribution in [0.4, 0.5) is 17.5 Å². The van der Waals surface area contributed by atoms with Crippen LogP contribution in [0, 0.1) is 5.41 Å². The first-order valence-corrected chi connectivity index (χ1v) is 32.7. The third-order valence-corrected chi connectivity index (χ3v) is 17.7. The predicted molar refractivity (Wildman–Crippen MR) is 268 cm³/mol. The Kier molecular flexibility index (Phi) is 18.6. The van der Waals surface area contributed by atoms with Crippen LogP contribution in [0.25, 0.3) is 33.5 Å². The molecule has 3 aliphatic rings. The molecule has 0 amide bonds. The molecule has 0 spiro atoms. The molecule has 0 aliphatic carbocycles. The van der Waals surface area contributed by atoms with Gasteiger partial charge in [-0.05, 0) is 0 Å². The van der Waals surface area contributed by atoms with E-state index in [1.54, 1.807) is 0 Å². The summed E-state index contributed by atoms with van der Waals surface area (Å²) >= 11 is 19.8. The number of aromatic nitrogens is 12. The molecule has 6 aromatic heterocycles. The maximum Gasteiger partial charge on any atom is 0.167 e. The highest BCUT2D eigenvalue weighted by molar-refractivity contribution is 8.35. The summed E-state index contributed by atoms with van der Waals surface area (Å²) in [6.45, 7) is -7.26. The average molecular weight is 1260 g/mol. The summed E-state index contributed by atoms with van der Waals surface area (Å²) in [5, 5.41) is 65.6. The molecule has 3 saturated heterocycles. The van der Waals surface area contributed by atoms with Crippen molar-refractivity contribution in [2.45, 2.75) is 73.6 Å². The Morgan fingerprint density at radius 3 is 1.00 bits per heavy atom. The Labute approximate surface area is 466 Å². The fourth-order valence-electron chi connectivity index (χ4n) is 8.18. The van der Waals surface area contributed by atoms with Crippen molar-refractivity contribution in [3.63, 3.8) is 0 Å². The number of nitrogens with two attached hydrogens (primary N) is 3. The largest absolute Gasteiger partial charge is 0.676 e. The van der Waals surface area contributed by atoms with Gasteiger partial charge >= 0.3 is 0 Å². The zero-order valence-electron chi connectivity index (χ0n) is 39.7. The van der Waals surface area contributed by atoms with Gasteiger partial charge in [-0.3, -0.25) is 18.2 Å². The molecule has 9 rings (SSSR count). The van der Waals surface area contributed by atoms with Crippen LogP contribution in [0.1, 0.15) is 18.7 Å². The number of rotatable bonds is 24. The summed E-state index contributed by atoms with van der Waals surface area (Å²) < 4.78 is 58.6. The molecule has 6 aromatic rings. The van der Waals surface area contributed by atoms with Crippen molar-refractivity contribution in [3.8, 4) is 0 Å². The average Bonchev–Trinajstić information content (AvgIpc) is 4.40. The second kappa shape index (κ2) is 24.1. The van der Waals surface area contributed by atoms with Crippen molar-refractivity contribution in [2.75, 3.05) is 63.4 Å². The number of aliphatic hydroxyl groups is 6. The molecule has 3 fully saturated rings. The number of hydrogen-bond acceptors (Lipinski definition) is 37. The zero-order valence-corrected chi connectivity index (χ0v) is 46.5. The molecule has 0 saturated carbocycles. The van der Waals surface area contributed by atoms with E-state index in [-0.39, 0.29) is 50.9 Å². The minimum absolute atomic E-state index is 0.00335. The van der Waals surface area contributed by atoms with Gasteiger partial charge in [0.2, 0.25) is 0 Å². The Hall–Kier alpha value is -2.67. The van der Waals surface area contributed by atoms with Crippen LogP contribution in [-0.2, 0) is 94.9 Å². The molecule has 79 heavy (non-hydrogen) atoms. The number of anilines is 3. The Bertz CT molecular complexity index is 2790. The van der Waals surface area contributed by atoms with Crippen molar-refractivity contribution in [1.29, 1.82) is 0 Å². The van der Waals surface area contributed by atoms with Gasteiger partial charge in [0, 0.05) is 0 Å². The summed E-state index contributed by atoms with van der Waals surface area (Å²) in [7, 11) is -19.9. The molecule has 0 aromatic carbocycles. The molecule has 3 aliphatic heterocycles. The van der Waals surface area contributed by atoms with Crippen molar-refractivity contribution in [2.24, 2.45) is 5.41 Å². The van der Waals surface area contributed by atoms with Crippen molar-refractivity contribution >= 4 is 129 Å². The highest BCUT2D eigenvalue weighted by Gasteiger charge is 2.49. The van der Waals surface area contributed by atoms with Gasteiger partial charge in [0.25, 0.3) is 0 Å². The van der Waals surface area contributed by atoms with E-state index in [2.05, 4.69) is 57.1 Å². The lowest BCUT2D eigenvalue weighted by molar-refractivity contribution is -0.326. The van der Waals surface area contributed by atoms with Gasteiger partial charge in [0.1, 0.15) is 158 Å². The number of aliphatic hydroxyl groups excluding tert-OH is 6. The first-order chi connectivity index (χ1) is 37.2. The normalized spacial score (nSPS) is 29.8. The van der Waals surface area contributed by atoms with Gasteiger partial charge in [-0.1, -0.05) is 7.15 Å². The number of ether oxygens (including phenoxy) is 3. The van der Waals surface area contributed by atoms with E-state index in [1.807, 2.05) is 0 Å². The molecule has 3 unspecified atom stereocenters. The standard InChI is InChI=1S/C35H49N15O21P4S4/c36-26-17-29(42-8-39-26)48(11-45-17)32-23(54)20(51)14(69-32)1-62-73(59,77)66-5-35(4-65-72(57,58)76,6-67-74(60,78)63-2-15-21(52)24(55)33(70-15)49-12-46-18-27(37)40-9-43-30(18)49)7-68-75(61,79)64-3-16-22(53)25(56)34(71-16)50-13-47-19-28(38)41-10-44-31(19)50/h8-16,20-25,32-34,51-56H,1-7H2,(H,59,77)(H,60,78)(H,61,79)(H2,36,39,42)(H2,37,40,43)(H2,38,41,44)(H2,57,58,76)/p-5/t14-,15-,16-,20-,21-,22-,23-,24-,25-,32-,33-,34-,35?,73?,74?,75?/m1/s1. The zero-order chi connectivity index (χ0) is 57.0. The minimum atomic E-state index is -5.19. The van der Waals surface area contributed by atoms with Crippen molar-refractivity contribution in [3.05, 3.63) is 38.0 Å². The topological polar surface area (TPSA) is 538 Å². The van der Waals surface area contributed by atoms with Crippen LogP contribution in [0.5, 0.6) is 0 Å². The number of imidazole rings is 3. The van der Waals surface area contributed by atoms with Crippen LogP contribution in [-0.4, -0.2) is 190 Å². The molecule has 12 N–H and O–H groups in total. The second-order valence-electron chi connectivity index (χ2n) is 17.7. The SMILES string of the molecule is Nc1ncnc2c1ncn2[C@@H]1O[C@H](CO[P+]([O-])([S-])OCC(CO[P+]([O-])([O-])[S-])(CO[P+]([O-])([S-])OC[C@H]2O[C@@H](n3cnc4c(N)ncnc43)[C@H](O)[C@@H]2O)CO[P+]([O-])([S-])OC[C@H]2O[C@@H](n3cnc4c(N)ncnc43)[C@H](O)[C@@H]2O)[C@@H](O)[C@H]1O. The number of nitrogen functional groups attached to an aromatic ring is 3. The van der Waals surface area contributed by atoms with Crippen LogP contribution < -0.4 is 41.7 Å². The van der Waals surface area contributed by atoms with E-state index in [0.29, 0.717) is 0 Å². The molecule has 0 bridgehead atoms. The quantitative estimate of drug-likeness (QED) is 0.0201. The maximum absolute atomic E-state index is 13.9. The fraction of sp³-hybridized carbons (Fsp3) is 0.571. The highest BCUT2D eigenvalue weighted by Crippen LogP contribution is 2.57. The van der Waals surface area contributed by atoms with Gasteiger partial charge in [0.05, 0.1) is 24.4 Å². The second-order valence-corrected chi connectivity index (χ2v) is 28.4. The third kappa shape index (κ3) is 13.6. The lowest BCUT2D eigenvalue weighted by Crippen LogP contribution is -2.44. The Balaban J connectivity index is 0.897. The maximum atomic E-state index is 13.9. The smallest absolute Gasteiger partial charge is 0.167 e. The van der Waals surface area contributed by atoms with Gasteiger partial charge in [0.15, 0.2) is 53.1 Å². The van der Waals surface area contributed by atoms with Crippen LogP contribution in [0.3, 0.4) is 0 Å². The monoisotopic (exact) mass is 1260 g/mol. The van der Waals surface area contributed by atoms with Gasteiger partial charge in [-0.15, -0.1) is 0 Å². The van der Waals surface area contributed by atoms with Crippen LogP contribution in [0.15, 0.2) is 38.0 Å². The lowest BCUT2D eigenvalue weighted by Gasteiger charge is -2.46. The molecule has 9 heterocycles. The summed E-state index contributed by atoms with van der Waals surface area (Å²) in [4.78, 5) is 102. The fourth-order valence-corrected chi connectivity index (χ4v) is 12.3. The first kappa shape index (κ1) is 60.9. The summed E-state index contributed by atoms with van der Waals surface area (Å²) in [6.07, 6.45) is -11.6. The van der Waals surface area contributed by atoms with Gasteiger partial charge in [-0.25, -0.2) is 72.0 Å². The van der Waals surface area contributed by atoms with Crippen molar-refractivity contribution < 1.29 is 101 Å².